The molecule has 4 N–H and O–H groups in total. The molecule has 1 aliphatic rings. The Bertz CT molecular complexity index is 389. The number of hydrogen-bond donors (Lipinski definition) is 2. The van der Waals surface area contributed by atoms with Gasteiger partial charge in [0.1, 0.15) is 5.82 Å². The van der Waals surface area contributed by atoms with Gasteiger partial charge in [-0.1, -0.05) is 25.4 Å². The van der Waals surface area contributed by atoms with Gasteiger partial charge in [0.15, 0.2) is 0 Å². The molecule has 0 radical (unpaired) electrons. The van der Waals surface area contributed by atoms with E-state index in [1.165, 1.54) is 0 Å². The zero-order valence-corrected chi connectivity index (χ0v) is 9.75. The van der Waals surface area contributed by atoms with Crippen molar-refractivity contribution in [3.05, 3.63) is 22.8 Å². The van der Waals surface area contributed by atoms with Crippen molar-refractivity contribution >= 4 is 17.4 Å². The standard InChI is InChI=1S/C11H16ClN3/c1-11(2)4-8(11)9(13)7-3-6(12)5-15-10(7)14/h3,5,8-9H,4,13H2,1-2H3,(H2,14,15). The second-order valence-electron chi connectivity index (χ2n) is 4.95. The lowest BCUT2D eigenvalue weighted by molar-refractivity contribution is 0.491. The third kappa shape index (κ3) is 1.94. The van der Waals surface area contributed by atoms with Crippen molar-refractivity contribution in [3.8, 4) is 0 Å². The quantitative estimate of drug-likeness (QED) is 0.812. The summed E-state index contributed by atoms with van der Waals surface area (Å²) in [6.45, 7) is 4.43. The van der Waals surface area contributed by atoms with Crippen molar-refractivity contribution in [2.24, 2.45) is 17.1 Å². The fraction of sp³-hybridized carbons (Fsp3) is 0.545. The van der Waals surface area contributed by atoms with Crippen LogP contribution in [0.5, 0.6) is 0 Å². The van der Waals surface area contributed by atoms with Gasteiger partial charge in [0.05, 0.1) is 5.02 Å². The van der Waals surface area contributed by atoms with Gasteiger partial charge in [0, 0.05) is 17.8 Å². The van der Waals surface area contributed by atoms with Crippen LogP contribution in [0.4, 0.5) is 5.82 Å². The second kappa shape index (κ2) is 3.35. The molecule has 2 unspecified atom stereocenters. The number of nitrogens with two attached hydrogens (primary N) is 2. The maximum absolute atomic E-state index is 6.17. The minimum Gasteiger partial charge on any atom is -0.383 e. The summed E-state index contributed by atoms with van der Waals surface area (Å²) in [6, 6.07) is 1.77. The summed E-state index contributed by atoms with van der Waals surface area (Å²) in [5.41, 5.74) is 13.2. The first kappa shape index (κ1) is 10.7. The average molecular weight is 226 g/mol. The maximum atomic E-state index is 6.17. The molecular formula is C11H16ClN3. The fourth-order valence-electron chi connectivity index (χ4n) is 2.07. The zero-order chi connectivity index (χ0) is 11.2. The van der Waals surface area contributed by atoms with Crippen molar-refractivity contribution in [1.82, 2.24) is 4.98 Å². The predicted molar refractivity (Wildman–Crippen MR) is 62.5 cm³/mol. The molecule has 0 amide bonds. The minimum absolute atomic E-state index is 0.0498. The number of nitrogen functional groups attached to an aromatic ring is 1. The summed E-state index contributed by atoms with van der Waals surface area (Å²) >= 11 is 5.88. The first-order valence-electron chi connectivity index (χ1n) is 5.08. The van der Waals surface area contributed by atoms with Gasteiger partial charge >= 0.3 is 0 Å². The van der Waals surface area contributed by atoms with Crippen LogP contribution < -0.4 is 11.5 Å². The molecule has 0 spiro atoms. The Balaban J connectivity index is 2.26. The summed E-state index contributed by atoms with van der Waals surface area (Å²) in [5, 5.41) is 0.591. The van der Waals surface area contributed by atoms with E-state index < -0.39 is 0 Å². The Labute approximate surface area is 94.8 Å². The Kier molecular flexibility index (Phi) is 2.40. The monoisotopic (exact) mass is 225 g/mol. The predicted octanol–water partition coefficient (Wildman–Crippen LogP) is 2.36. The van der Waals surface area contributed by atoms with Crippen LogP contribution in [-0.2, 0) is 0 Å². The van der Waals surface area contributed by atoms with E-state index in [1.54, 1.807) is 6.20 Å². The van der Waals surface area contributed by atoms with Gasteiger partial charge in [0.25, 0.3) is 0 Å². The highest BCUT2D eigenvalue weighted by Gasteiger charge is 2.49. The van der Waals surface area contributed by atoms with Gasteiger partial charge in [0.2, 0.25) is 0 Å². The summed E-state index contributed by atoms with van der Waals surface area (Å²) in [6.07, 6.45) is 2.69. The third-order valence-corrected chi connectivity index (χ3v) is 3.51. The van der Waals surface area contributed by atoms with Crippen LogP contribution in [0.15, 0.2) is 12.3 Å². The number of halogens is 1. The molecule has 0 aromatic carbocycles. The highest BCUT2D eigenvalue weighted by Crippen LogP contribution is 2.57. The third-order valence-electron chi connectivity index (χ3n) is 3.30. The second-order valence-corrected chi connectivity index (χ2v) is 5.39. The van der Waals surface area contributed by atoms with E-state index in [1.807, 2.05) is 6.07 Å². The summed E-state index contributed by atoms with van der Waals surface area (Å²) in [4.78, 5) is 4.02. The molecule has 1 aromatic heterocycles. The molecule has 1 aliphatic carbocycles. The van der Waals surface area contributed by atoms with Crippen LogP contribution >= 0.6 is 11.6 Å². The largest absolute Gasteiger partial charge is 0.383 e. The lowest BCUT2D eigenvalue weighted by atomic mass is 9.98. The van der Waals surface area contributed by atoms with E-state index in [2.05, 4.69) is 18.8 Å². The molecule has 3 nitrogen and oxygen atoms in total. The van der Waals surface area contributed by atoms with Crippen molar-refractivity contribution in [3.63, 3.8) is 0 Å². The van der Waals surface area contributed by atoms with Crippen molar-refractivity contribution < 1.29 is 0 Å². The van der Waals surface area contributed by atoms with E-state index in [-0.39, 0.29) is 6.04 Å². The number of hydrogen-bond acceptors (Lipinski definition) is 3. The molecule has 1 heterocycles. The van der Waals surface area contributed by atoms with Gasteiger partial charge in [-0.05, 0) is 23.8 Å². The molecule has 0 aliphatic heterocycles. The van der Waals surface area contributed by atoms with Gasteiger partial charge in [-0.2, -0.15) is 0 Å². The molecule has 1 saturated carbocycles. The molecule has 1 aromatic rings. The molecule has 0 bridgehead atoms. The van der Waals surface area contributed by atoms with Crippen LogP contribution in [0.2, 0.25) is 5.02 Å². The fourth-order valence-corrected chi connectivity index (χ4v) is 2.24. The SMILES string of the molecule is CC1(C)CC1C(N)c1cc(Cl)cnc1N. The van der Waals surface area contributed by atoms with Crippen LogP contribution in [-0.4, -0.2) is 4.98 Å². The molecule has 0 saturated heterocycles. The summed E-state index contributed by atoms with van der Waals surface area (Å²) < 4.78 is 0. The van der Waals surface area contributed by atoms with E-state index in [0.29, 0.717) is 22.2 Å². The van der Waals surface area contributed by atoms with Gasteiger partial charge < -0.3 is 11.5 Å². The highest BCUT2D eigenvalue weighted by atomic mass is 35.5. The minimum atomic E-state index is -0.0498. The van der Waals surface area contributed by atoms with Gasteiger partial charge in [-0.3, -0.25) is 0 Å². The Hall–Kier alpha value is -0.800. The Morgan fingerprint density at radius 2 is 2.20 bits per heavy atom. The number of aromatic nitrogens is 1. The number of nitrogens with zero attached hydrogens (tertiary/aromatic N) is 1. The molecule has 82 valence electrons. The van der Waals surface area contributed by atoms with Gasteiger partial charge in [-0.25, -0.2) is 4.98 Å². The van der Waals surface area contributed by atoms with Crippen molar-refractivity contribution in [1.29, 1.82) is 0 Å². The van der Waals surface area contributed by atoms with Crippen molar-refractivity contribution in [2.45, 2.75) is 26.3 Å². The molecule has 4 heteroatoms. The molecule has 15 heavy (non-hydrogen) atoms. The van der Waals surface area contributed by atoms with E-state index in [9.17, 15) is 0 Å². The Morgan fingerprint density at radius 3 is 2.73 bits per heavy atom. The molecular weight excluding hydrogens is 210 g/mol. The first-order chi connectivity index (χ1) is 6.92. The van der Waals surface area contributed by atoms with E-state index in [0.717, 1.165) is 12.0 Å². The van der Waals surface area contributed by atoms with Crippen LogP contribution in [0.3, 0.4) is 0 Å². The average Bonchev–Trinajstić information content (AvgIpc) is 2.78. The van der Waals surface area contributed by atoms with Crippen LogP contribution in [0.1, 0.15) is 31.9 Å². The normalized spacial score (nSPS) is 24.9. The molecule has 1 fully saturated rings. The van der Waals surface area contributed by atoms with Crippen molar-refractivity contribution in [2.75, 3.05) is 5.73 Å². The number of pyridine rings is 1. The van der Waals surface area contributed by atoms with Gasteiger partial charge in [-0.15, -0.1) is 0 Å². The topological polar surface area (TPSA) is 64.9 Å². The van der Waals surface area contributed by atoms with E-state index in [4.69, 9.17) is 23.1 Å². The molecule has 2 rings (SSSR count). The lowest BCUT2D eigenvalue weighted by Crippen LogP contribution is -2.17. The number of rotatable bonds is 2. The van der Waals surface area contributed by atoms with E-state index >= 15 is 0 Å². The summed E-state index contributed by atoms with van der Waals surface area (Å²) in [7, 11) is 0. The smallest absolute Gasteiger partial charge is 0.128 e. The lowest BCUT2D eigenvalue weighted by Gasteiger charge is -2.15. The first-order valence-corrected chi connectivity index (χ1v) is 5.46. The maximum Gasteiger partial charge on any atom is 0.128 e. The zero-order valence-electron chi connectivity index (χ0n) is 9.00. The highest BCUT2D eigenvalue weighted by molar-refractivity contribution is 6.30. The summed E-state index contributed by atoms with van der Waals surface area (Å²) in [5.74, 6) is 0.981. The van der Waals surface area contributed by atoms with Crippen LogP contribution in [0, 0.1) is 11.3 Å². The van der Waals surface area contributed by atoms with Crippen LogP contribution in [0.25, 0.3) is 0 Å². The number of anilines is 1. The Morgan fingerprint density at radius 1 is 1.60 bits per heavy atom. The molecule has 2 atom stereocenters.